The summed E-state index contributed by atoms with van der Waals surface area (Å²) < 4.78 is 81.6. The Morgan fingerprint density at radius 3 is 0.831 bits per heavy atom. The van der Waals surface area contributed by atoms with Crippen LogP contribution in [0.15, 0.2) is 380 Å². The average Bonchev–Trinajstić information content (AvgIpc) is 1.60. The van der Waals surface area contributed by atoms with Crippen molar-refractivity contribution in [2.24, 2.45) is 0 Å². The molecule has 4 saturated heterocycles. The zero-order valence-corrected chi connectivity index (χ0v) is 91.5. The minimum atomic E-state index is -0.476. The third kappa shape index (κ3) is 27.5. The SMILES string of the molecule is Brc1cccc(-c2nc3ccccc3o2)c1.Brc1cccc(-c2nc3ccccc3o2)c1.C1COCCO1.CC1(C)OB(B2OC(C)(C)C(C)(C)O2)OC1(C)C.CC1(C)OB(c2cccc(-c3nc4ccccc4o3)c2)OC1(C)C.Ic1cccc(I)c1.Nc1ccccc1Br.O=C(Cl)c1cccc(Br)c1.c1cc(-c2cccc(-c3nc4ccccc4o3)c2)cc(-c2cccc(-c3nc4ccccc4o3)c2)c1. The van der Waals surface area contributed by atoms with E-state index in [2.05, 4.69) is 234 Å². The van der Waals surface area contributed by atoms with Gasteiger partial charge in [0.2, 0.25) is 29.5 Å². The Balaban J connectivity index is 0.000000127. The molecule has 0 amide bonds. The Labute approximate surface area is 892 Å². The molecule has 4 fully saturated rings. The summed E-state index contributed by atoms with van der Waals surface area (Å²) >= 11 is 23.2. The van der Waals surface area contributed by atoms with Gasteiger partial charge in [0.05, 0.1) is 60.0 Å². The van der Waals surface area contributed by atoms with Crippen LogP contribution in [0.2, 0.25) is 0 Å². The van der Waals surface area contributed by atoms with E-state index in [1.165, 1.54) is 7.14 Å². The van der Waals surface area contributed by atoms with Gasteiger partial charge in [0, 0.05) is 64.1 Å². The van der Waals surface area contributed by atoms with Crippen LogP contribution in [0.5, 0.6) is 0 Å². The fourth-order valence-corrected chi connectivity index (χ4v) is 17.8. The van der Waals surface area contributed by atoms with Gasteiger partial charge < -0.3 is 65.2 Å². The van der Waals surface area contributed by atoms with Crippen LogP contribution in [0.25, 0.3) is 135 Å². The van der Waals surface area contributed by atoms with Crippen molar-refractivity contribution in [2.45, 2.75) is 117 Å². The van der Waals surface area contributed by atoms with Crippen LogP contribution in [0.1, 0.15) is 93.4 Å². The standard InChI is InChI=1S/C32H20N2O2.C19H20BNO3.2C13H8BrNO.C12H24B2O4.C7H4BrClO.C6H6BrN.C6H4I2.C4H8O2/c1-3-16-29-27(14-1)33-31(35-29)25-12-6-10-23(19-25)21-8-5-9-22(18-21)24-11-7-13-26(20-24)32-34-28-15-2-4-17-30(28)36-32;1-18(2)19(3,4)24-20(23-18)14-9-7-8-13(12-14)17-21-15-10-5-6-11-16(15)22-17;2*14-10-5-3-4-9(8-10)13-15-11-6-1-2-7-12(11)16-13;1-9(2)10(3,4)16-13(15-9)14-17-11(5,6)12(7,8)18-14;8-6-3-1-2-5(4-6)7(9)10;7-5-3-1-2-4-6(5)8;7-5-2-1-3-6(8)4-5;1-2-6-4-3-5-1/h1-20H;5-12H,1-4H3;2*1-8H;1-8H3;1-4H;1-4H,8H2;1-4H;1-4H2. The minimum Gasteiger partial charge on any atom is -0.436 e. The third-order valence-electron chi connectivity index (χ3n) is 24.3. The van der Waals surface area contributed by atoms with Crippen LogP contribution in [0.3, 0.4) is 0 Å². The molecule has 4 aliphatic rings. The molecule has 20 nitrogen and oxygen atoms in total. The van der Waals surface area contributed by atoms with Crippen molar-refractivity contribution in [2.75, 3.05) is 32.2 Å². The molecular weight excluding hydrogens is 2290 g/mol. The summed E-state index contributed by atoms with van der Waals surface area (Å²) in [6, 6.07) is 111. The summed E-state index contributed by atoms with van der Waals surface area (Å²) in [5, 5.41) is -0.429. The van der Waals surface area contributed by atoms with Crippen molar-refractivity contribution in [3.05, 3.63) is 370 Å². The molecule has 14 aromatic carbocycles. The van der Waals surface area contributed by atoms with Gasteiger partial charge in [-0.05, 0) is 366 Å². The number of hydrogen-bond donors (Lipinski definition) is 1. The van der Waals surface area contributed by atoms with Crippen LogP contribution < -0.4 is 11.2 Å². The summed E-state index contributed by atoms with van der Waals surface area (Å²) in [5.41, 5.74) is 23.2. The number of aromatic nitrogens is 5. The van der Waals surface area contributed by atoms with Crippen LogP contribution >= 0.6 is 121 Å². The molecule has 5 aromatic heterocycles. The number of nitrogens with two attached hydrogens (primary N) is 1. The number of rotatable bonds is 10. The second kappa shape index (κ2) is 47.5. The molecule has 23 rings (SSSR count). The van der Waals surface area contributed by atoms with Crippen LogP contribution in [0, 0.1) is 7.14 Å². The summed E-state index contributed by atoms with van der Waals surface area (Å²) in [6.07, 6.45) is 0. The summed E-state index contributed by atoms with van der Waals surface area (Å²) in [7, 11) is -1.34. The molecular formula is C112H102B3Br4ClI2N6O14. The van der Waals surface area contributed by atoms with E-state index in [1.807, 2.05) is 304 Å². The molecule has 30 heteroatoms. The first-order valence-corrected chi connectivity index (χ1v) is 51.5. The van der Waals surface area contributed by atoms with E-state index in [0.29, 0.717) is 35.0 Å². The van der Waals surface area contributed by atoms with E-state index in [0.717, 1.165) is 161 Å². The minimum absolute atomic E-state index is 0.356. The molecule has 0 bridgehead atoms. The number of carbonyl (C=O) groups excluding carboxylic acids is 1. The molecule has 722 valence electrons. The van der Waals surface area contributed by atoms with Gasteiger partial charge >= 0.3 is 21.1 Å². The topological polar surface area (TPSA) is 247 Å². The van der Waals surface area contributed by atoms with E-state index in [4.69, 9.17) is 76.8 Å². The highest BCUT2D eigenvalue weighted by Crippen LogP contribution is 2.45. The largest absolute Gasteiger partial charge is 0.494 e. The van der Waals surface area contributed by atoms with Crippen LogP contribution in [-0.4, -0.2) is 111 Å². The Morgan fingerprint density at radius 1 is 0.296 bits per heavy atom. The van der Waals surface area contributed by atoms with Gasteiger partial charge in [-0.25, -0.2) is 24.9 Å². The molecule has 0 unspecified atom stereocenters. The van der Waals surface area contributed by atoms with Gasteiger partial charge in [0.15, 0.2) is 27.9 Å². The monoisotopic (exact) mass is 2390 g/mol. The first-order chi connectivity index (χ1) is 68.0. The maximum atomic E-state index is 10.5. The Hall–Kier alpha value is -10.6. The predicted molar refractivity (Wildman–Crippen MR) is 601 cm³/mol. The predicted octanol–water partition coefficient (Wildman–Crippen LogP) is 31.0. The summed E-state index contributed by atoms with van der Waals surface area (Å²) in [6.45, 7) is 27.5. The van der Waals surface area contributed by atoms with E-state index in [-0.39, 0.29) is 40.7 Å². The molecule has 142 heavy (non-hydrogen) atoms. The molecule has 19 aromatic rings. The molecule has 0 aliphatic carbocycles. The molecule has 0 atom stereocenters. The van der Waals surface area contributed by atoms with Crippen molar-refractivity contribution in [3.8, 4) is 79.5 Å². The fourth-order valence-electron chi connectivity index (χ4n) is 14.5. The van der Waals surface area contributed by atoms with Crippen molar-refractivity contribution in [1.29, 1.82) is 0 Å². The first kappa shape index (κ1) is 106. The van der Waals surface area contributed by atoms with Crippen molar-refractivity contribution < 1.29 is 64.3 Å². The highest BCUT2D eigenvalue weighted by atomic mass is 127. The normalized spacial score (nSPS) is 15.3. The second-order valence-electron chi connectivity index (χ2n) is 36.1. The lowest BCUT2D eigenvalue weighted by Crippen LogP contribution is -2.41. The molecule has 9 heterocycles. The number of ether oxygens (including phenoxy) is 2. The van der Waals surface area contributed by atoms with Gasteiger partial charge in [-0.3, -0.25) is 4.79 Å². The lowest BCUT2D eigenvalue weighted by molar-refractivity contribution is -0.0334. The highest BCUT2D eigenvalue weighted by Gasteiger charge is 2.64. The zero-order chi connectivity index (χ0) is 101. The zero-order valence-electron chi connectivity index (χ0n) is 80.1. The number of hydrogen-bond acceptors (Lipinski definition) is 20. The molecule has 0 spiro atoms. The Morgan fingerprint density at radius 2 is 0.556 bits per heavy atom. The van der Waals surface area contributed by atoms with Crippen molar-refractivity contribution in [3.63, 3.8) is 0 Å². The summed E-state index contributed by atoms with van der Waals surface area (Å²) in [5.74, 6) is 3.17. The number of nitrogens with zero attached hydrogens (tertiary/aromatic N) is 5. The van der Waals surface area contributed by atoms with Crippen molar-refractivity contribution >= 4 is 214 Å². The number of oxazole rings is 5. The fraction of sp³-hybridized carbons (Fsp3) is 0.196. The second-order valence-corrected chi connectivity index (χ2v) is 42.6. The number of carbonyl (C=O) groups is 1. The third-order valence-corrected chi connectivity index (χ3v) is 28.0. The average molecular weight is 2400 g/mol. The van der Waals surface area contributed by atoms with Gasteiger partial charge in [0.25, 0.3) is 5.24 Å². The highest BCUT2D eigenvalue weighted by molar-refractivity contribution is 14.1. The lowest BCUT2D eigenvalue weighted by Gasteiger charge is -2.32. The quantitative estimate of drug-likeness (QED) is 0.0578. The number of nitrogen functional groups attached to an aromatic ring is 1. The Bertz CT molecular complexity index is 7000. The van der Waals surface area contributed by atoms with Gasteiger partial charge in [-0.1, -0.05) is 206 Å². The number of halogens is 7. The Kier molecular flexibility index (Phi) is 35.4. The van der Waals surface area contributed by atoms with Crippen LogP contribution in [-0.2, 0) is 37.4 Å². The molecule has 0 radical (unpaired) electrons. The lowest BCUT2D eigenvalue weighted by atomic mass is 9.49. The van der Waals surface area contributed by atoms with Gasteiger partial charge in [-0.15, -0.1) is 0 Å². The van der Waals surface area contributed by atoms with Crippen molar-refractivity contribution in [1.82, 2.24) is 24.9 Å². The first-order valence-electron chi connectivity index (χ1n) is 45.8. The van der Waals surface area contributed by atoms with E-state index < -0.39 is 19.3 Å². The maximum absolute atomic E-state index is 10.5. The molecule has 0 saturated carbocycles. The van der Waals surface area contributed by atoms with Gasteiger partial charge in [-0.2, -0.15) is 0 Å². The van der Waals surface area contributed by atoms with Gasteiger partial charge in [0.1, 0.15) is 27.6 Å². The summed E-state index contributed by atoms with van der Waals surface area (Å²) in [4.78, 5) is 33.3. The van der Waals surface area contributed by atoms with Crippen LogP contribution in [0.4, 0.5) is 5.69 Å². The van der Waals surface area contributed by atoms with E-state index in [9.17, 15) is 4.79 Å². The number of benzene rings is 14. The van der Waals surface area contributed by atoms with E-state index >= 15 is 0 Å². The number of para-hydroxylation sites is 11. The maximum Gasteiger partial charge on any atom is 0.494 e. The van der Waals surface area contributed by atoms with E-state index in [1.54, 1.807) is 18.2 Å². The molecule has 4 aliphatic heterocycles. The number of fused-ring (bicyclic) bond motifs is 5. The molecule has 2 N–H and O–H groups in total. The number of anilines is 1. The smallest absolute Gasteiger partial charge is 0.436 e.